The van der Waals surface area contributed by atoms with E-state index < -0.39 is 17.8 Å². The van der Waals surface area contributed by atoms with Gasteiger partial charge in [0, 0.05) is 93.4 Å². The van der Waals surface area contributed by atoms with Crippen LogP contribution in [0, 0.1) is 5.82 Å². The molecule has 364 valence electrons. The maximum Gasteiger partial charge on any atom is 0.409 e. The van der Waals surface area contributed by atoms with Crippen LogP contribution in [0.25, 0.3) is 32.9 Å². The molecule has 6 saturated heterocycles. The van der Waals surface area contributed by atoms with Crippen molar-refractivity contribution in [1.82, 2.24) is 40.3 Å². The lowest BCUT2D eigenvalue weighted by Crippen LogP contribution is -2.52. The van der Waals surface area contributed by atoms with Gasteiger partial charge in [0.1, 0.15) is 42.0 Å². The number of piperazine rings is 2. The second kappa shape index (κ2) is 17.6. The van der Waals surface area contributed by atoms with E-state index >= 15 is 4.39 Å². The first kappa shape index (κ1) is 44.5. The van der Waals surface area contributed by atoms with Crippen LogP contribution in [0.5, 0.6) is 11.8 Å². The van der Waals surface area contributed by atoms with E-state index in [4.69, 9.17) is 24.4 Å². The minimum atomic E-state index is -0.666. The highest BCUT2D eigenvalue weighted by Gasteiger charge is 2.50. The molecular weight excluding hydrogens is 896 g/mol. The van der Waals surface area contributed by atoms with Crippen LogP contribution in [0.4, 0.5) is 20.7 Å². The number of benzene rings is 3. The van der Waals surface area contributed by atoms with Gasteiger partial charge >= 0.3 is 12.1 Å². The number of nitrogens with zero attached hydrogens (tertiary/aromatic N) is 8. The van der Waals surface area contributed by atoms with Crippen LogP contribution in [0.15, 0.2) is 54.7 Å². The number of aromatic hydroxyl groups is 1. The summed E-state index contributed by atoms with van der Waals surface area (Å²) in [6, 6.07) is 15.0. The summed E-state index contributed by atoms with van der Waals surface area (Å²) in [5.74, 6) is -0.907. The molecule has 2 bridgehead atoms. The minimum Gasteiger partial charge on any atom is -0.508 e. The van der Waals surface area contributed by atoms with Crippen molar-refractivity contribution in [3.8, 4) is 23.0 Å². The zero-order valence-corrected chi connectivity index (χ0v) is 39.3. The second-order valence-corrected chi connectivity index (χ2v) is 20.2. The Labute approximate surface area is 404 Å². The van der Waals surface area contributed by atoms with E-state index in [9.17, 15) is 24.3 Å². The fraction of sp³-hybridized carbons (Fsp3) is 0.481. The predicted octanol–water partition coefficient (Wildman–Crippen LogP) is 5.29. The zero-order chi connectivity index (χ0) is 47.8. The molecule has 9 heterocycles. The van der Waals surface area contributed by atoms with E-state index in [1.54, 1.807) is 28.1 Å². The smallest absolute Gasteiger partial charge is 0.409 e. The Hall–Kier alpha value is -6.66. The number of piperidine rings is 1. The molecule has 7 aliphatic heterocycles. The number of halogens is 1. The van der Waals surface area contributed by atoms with Crippen molar-refractivity contribution in [2.24, 2.45) is 0 Å². The molecule has 0 aliphatic carbocycles. The molecular formula is C52H57FN10O7. The lowest BCUT2D eigenvalue weighted by atomic mass is 9.95. The van der Waals surface area contributed by atoms with Gasteiger partial charge in [-0.05, 0) is 110 Å². The summed E-state index contributed by atoms with van der Waals surface area (Å²) in [6.07, 6.45) is 8.26. The maximum absolute atomic E-state index is 17.3. The van der Waals surface area contributed by atoms with E-state index in [2.05, 4.69) is 32.3 Å². The van der Waals surface area contributed by atoms with Gasteiger partial charge in [-0.25, -0.2) is 9.18 Å². The SMILES string of the molecule is CCc1cccc2cc(O)cc(-c3ncc4c(N5CC6CCC(C5)N6)nc(OC[C@]56CCCN5[C@@H](COC(=O)N5CCN(c7ccc8c(c7)CN(C7CCC(=O)NC7=O)C8=O)CC5)CC6)nc4c3F)c12. The van der Waals surface area contributed by atoms with Gasteiger partial charge in [0.2, 0.25) is 11.8 Å². The lowest BCUT2D eigenvalue weighted by molar-refractivity contribution is -0.136. The molecule has 17 nitrogen and oxygen atoms in total. The normalized spacial score (nSPS) is 25.5. The maximum atomic E-state index is 17.3. The van der Waals surface area contributed by atoms with Crippen LogP contribution in [0.2, 0.25) is 0 Å². The Morgan fingerprint density at radius 2 is 1.76 bits per heavy atom. The molecule has 7 aliphatic rings. The molecule has 2 aromatic heterocycles. The number of carbonyl (C=O) groups excluding carboxylic acids is 4. The third-order valence-corrected chi connectivity index (χ3v) is 16.2. The number of fused-ring (bicyclic) bond motifs is 6. The van der Waals surface area contributed by atoms with Crippen molar-refractivity contribution in [2.75, 3.05) is 68.8 Å². The fourth-order valence-corrected chi connectivity index (χ4v) is 12.6. The third-order valence-electron chi connectivity index (χ3n) is 16.2. The molecule has 5 atom stereocenters. The van der Waals surface area contributed by atoms with Gasteiger partial charge in [0.15, 0.2) is 5.82 Å². The summed E-state index contributed by atoms with van der Waals surface area (Å²) >= 11 is 0. The molecule has 4 amide bonds. The number of phenolic OH excluding ortho intramolecular Hbond substituents is 1. The summed E-state index contributed by atoms with van der Waals surface area (Å²) in [7, 11) is 0. The number of phenols is 1. The number of nitrogens with one attached hydrogen (secondary N) is 2. The predicted molar refractivity (Wildman–Crippen MR) is 258 cm³/mol. The van der Waals surface area contributed by atoms with Crippen LogP contribution < -0.4 is 25.2 Å². The molecule has 18 heteroatoms. The first-order valence-electron chi connectivity index (χ1n) is 25.0. The van der Waals surface area contributed by atoms with Crippen molar-refractivity contribution in [1.29, 1.82) is 0 Å². The molecule has 12 rings (SSSR count). The largest absolute Gasteiger partial charge is 0.508 e. The highest BCUT2D eigenvalue weighted by molar-refractivity contribution is 6.06. The van der Waals surface area contributed by atoms with E-state index in [1.165, 1.54) is 0 Å². The number of pyridine rings is 1. The molecule has 3 aromatic carbocycles. The van der Waals surface area contributed by atoms with Crippen LogP contribution in [0.1, 0.15) is 79.8 Å². The second-order valence-electron chi connectivity index (χ2n) is 20.2. The van der Waals surface area contributed by atoms with Crippen LogP contribution >= 0.6 is 0 Å². The first-order chi connectivity index (χ1) is 34.0. The fourth-order valence-electron chi connectivity index (χ4n) is 12.6. The number of hydrogen-bond acceptors (Lipinski definition) is 14. The summed E-state index contributed by atoms with van der Waals surface area (Å²) in [5, 5.41) is 19.0. The Morgan fingerprint density at radius 3 is 2.56 bits per heavy atom. The third kappa shape index (κ3) is 7.79. The average molecular weight is 953 g/mol. The Balaban J connectivity index is 0.718. The number of imide groups is 1. The molecule has 70 heavy (non-hydrogen) atoms. The van der Waals surface area contributed by atoms with Gasteiger partial charge in [-0.1, -0.05) is 25.1 Å². The number of anilines is 2. The van der Waals surface area contributed by atoms with Crippen molar-refractivity contribution < 1.29 is 38.1 Å². The number of carbonyl (C=O) groups is 4. The molecule has 0 spiro atoms. The lowest BCUT2D eigenvalue weighted by Gasteiger charge is -2.37. The number of rotatable bonds is 10. The van der Waals surface area contributed by atoms with Gasteiger partial charge in [-0.3, -0.25) is 29.6 Å². The van der Waals surface area contributed by atoms with Gasteiger partial charge in [-0.2, -0.15) is 9.97 Å². The molecule has 6 fully saturated rings. The van der Waals surface area contributed by atoms with Crippen LogP contribution in [-0.2, 0) is 27.3 Å². The van der Waals surface area contributed by atoms with Gasteiger partial charge in [0.25, 0.3) is 5.91 Å². The topological polar surface area (TPSA) is 186 Å². The van der Waals surface area contributed by atoms with E-state index in [-0.39, 0.29) is 65.5 Å². The summed E-state index contributed by atoms with van der Waals surface area (Å²) in [5.41, 5.74) is 3.82. The standard InChI is InChI=1S/C52H57FN10O7/c1-2-30-5-3-6-31-22-37(64)23-39(43(30)31)45-44(53)46-40(24-54-45)47(61-26-33-7-8-34(27-61)55-33)58-50(57-46)70-29-52-14-4-16-63(52)36(13-15-52)28-69-51(68)60-19-17-59(18-20-60)35-9-10-38-32(21-35)25-62(49(38)67)41-11-12-42(65)56-48(41)66/h3,5-6,9-10,21-24,33-34,36,41,55,64H,2,4,7-8,11-20,25-29H2,1H3,(H,56,65,66)/t33?,34?,36-,41?,52-/m1/s1. The van der Waals surface area contributed by atoms with Crippen molar-refractivity contribution >= 4 is 57.0 Å². The highest BCUT2D eigenvalue weighted by atomic mass is 19.1. The number of aryl methyl sites for hydroxylation is 1. The molecule has 3 unspecified atom stereocenters. The number of ether oxygens (including phenoxy) is 2. The van der Waals surface area contributed by atoms with Gasteiger partial charge in [-0.15, -0.1) is 0 Å². The Bertz CT molecular complexity index is 2950. The summed E-state index contributed by atoms with van der Waals surface area (Å²) in [6.45, 7) is 7.37. The quantitative estimate of drug-likeness (QED) is 0.154. The van der Waals surface area contributed by atoms with Crippen molar-refractivity contribution in [3.05, 3.63) is 77.2 Å². The van der Waals surface area contributed by atoms with Crippen LogP contribution in [0.3, 0.4) is 0 Å². The number of hydrogen-bond donors (Lipinski definition) is 3. The van der Waals surface area contributed by atoms with Crippen molar-refractivity contribution in [3.63, 3.8) is 0 Å². The van der Waals surface area contributed by atoms with Gasteiger partial charge < -0.3 is 39.5 Å². The molecule has 5 aromatic rings. The first-order valence-corrected chi connectivity index (χ1v) is 25.0. The van der Waals surface area contributed by atoms with E-state index in [0.29, 0.717) is 80.2 Å². The minimum absolute atomic E-state index is 0.0193. The average Bonchev–Trinajstić information content (AvgIpc) is 4.13. The van der Waals surface area contributed by atoms with E-state index in [0.717, 1.165) is 92.2 Å². The summed E-state index contributed by atoms with van der Waals surface area (Å²) in [4.78, 5) is 75.7. The Morgan fingerprint density at radius 1 is 0.929 bits per heavy atom. The van der Waals surface area contributed by atoms with Crippen LogP contribution in [-0.4, -0.2) is 147 Å². The van der Waals surface area contributed by atoms with E-state index in [1.807, 2.05) is 36.4 Å². The highest BCUT2D eigenvalue weighted by Crippen LogP contribution is 2.44. The zero-order valence-electron chi connectivity index (χ0n) is 39.3. The Kier molecular flexibility index (Phi) is 11.2. The number of amides is 4. The van der Waals surface area contributed by atoms with Crippen molar-refractivity contribution in [2.45, 2.75) is 101 Å². The summed E-state index contributed by atoms with van der Waals surface area (Å²) < 4.78 is 29.9. The number of aromatic nitrogens is 3. The molecule has 3 N–H and O–H groups in total. The van der Waals surface area contributed by atoms with Gasteiger partial charge in [0.05, 0.1) is 10.9 Å². The molecule has 0 saturated carbocycles. The monoisotopic (exact) mass is 952 g/mol. The molecule has 0 radical (unpaired) electrons.